The highest BCUT2D eigenvalue weighted by molar-refractivity contribution is 5.79. The zero-order valence-corrected chi connectivity index (χ0v) is 15.4. The van der Waals surface area contributed by atoms with Crippen LogP contribution in [0.4, 0.5) is 10.1 Å². The number of carboxylic acids is 1. The van der Waals surface area contributed by atoms with Gasteiger partial charge in [-0.3, -0.25) is 0 Å². The first-order valence-corrected chi connectivity index (χ1v) is 8.94. The second kappa shape index (κ2) is 9.92. The SMILES string of the molecule is CC1CCN(C)CC1.O=C(O)[C@H](Nc1ccc(F)cc1)c1ccccc1. The fourth-order valence-electron chi connectivity index (χ4n) is 2.78. The Bertz CT molecular complexity index is 658. The van der Waals surface area contributed by atoms with Crippen LogP contribution in [0.5, 0.6) is 0 Å². The van der Waals surface area contributed by atoms with Crippen LogP contribution in [0.1, 0.15) is 31.4 Å². The van der Waals surface area contributed by atoms with Crippen LogP contribution in [-0.2, 0) is 4.79 Å². The first-order valence-electron chi connectivity index (χ1n) is 8.94. The van der Waals surface area contributed by atoms with E-state index in [1.54, 1.807) is 24.3 Å². The van der Waals surface area contributed by atoms with Gasteiger partial charge in [0.05, 0.1) is 0 Å². The molecule has 0 bridgehead atoms. The molecular weight excluding hydrogens is 331 g/mol. The summed E-state index contributed by atoms with van der Waals surface area (Å²) in [6.45, 7) is 4.95. The van der Waals surface area contributed by atoms with Crippen molar-refractivity contribution in [2.45, 2.75) is 25.8 Å². The Balaban J connectivity index is 0.000000254. The molecule has 2 aromatic rings. The van der Waals surface area contributed by atoms with Crippen molar-refractivity contribution in [1.29, 1.82) is 0 Å². The van der Waals surface area contributed by atoms with Crippen molar-refractivity contribution in [3.05, 3.63) is 66.0 Å². The van der Waals surface area contributed by atoms with Crippen LogP contribution < -0.4 is 5.32 Å². The number of carbonyl (C=O) groups is 1. The molecule has 0 aliphatic carbocycles. The van der Waals surface area contributed by atoms with Gasteiger partial charge in [-0.25, -0.2) is 9.18 Å². The molecule has 0 unspecified atom stereocenters. The molecule has 1 fully saturated rings. The zero-order valence-electron chi connectivity index (χ0n) is 15.4. The minimum atomic E-state index is -0.981. The number of aliphatic carboxylic acids is 1. The standard InChI is InChI=1S/C14H12FNO2.C7H15N/c15-11-6-8-12(9-7-11)16-13(14(17)18)10-4-2-1-3-5-10;1-7-3-5-8(2)6-4-7/h1-9,13,16H,(H,17,18);7H,3-6H2,1-2H3/t13-;/m1./s1. The van der Waals surface area contributed by atoms with E-state index in [1.807, 2.05) is 6.07 Å². The fourth-order valence-corrected chi connectivity index (χ4v) is 2.78. The maximum Gasteiger partial charge on any atom is 0.330 e. The Labute approximate surface area is 154 Å². The Kier molecular flexibility index (Phi) is 7.60. The lowest BCUT2D eigenvalue weighted by Crippen LogP contribution is -2.28. The van der Waals surface area contributed by atoms with E-state index >= 15 is 0 Å². The van der Waals surface area contributed by atoms with Gasteiger partial charge in [0.1, 0.15) is 5.82 Å². The molecule has 2 aromatic carbocycles. The summed E-state index contributed by atoms with van der Waals surface area (Å²) in [5, 5.41) is 12.1. The van der Waals surface area contributed by atoms with Gasteiger partial charge >= 0.3 is 5.97 Å². The molecular formula is C21H27FN2O2. The van der Waals surface area contributed by atoms with E-state index in [0.717, 1.165) is 5.92 Å². The van der Waals surface area contributed by atoms with E-state index in [0.29, 0.717) is 11.3 Å². The third-order valence-corrected chi connectivity index (χ3v) is 4.54. The number of hydrogen-bond donors (Lipinski definition) is 2. The van der Waals surface area contributed by atoms with Gasteiger partial charge in [0, 0.05) is 5.69 Å². The summed E-state index contributed by atoms with van der Waals surface area (Å²) in [5.41, 5.74) is 1.21. The van der Waals surface area contributed by atoms with Crippen LogP contribution in [-0.4, -0.2) is 36.1 Å². The molecule has 1 aliphatic rings. The first kappa shape index (κ1) is 19.9. The predicted octanol–water partition coefficient (Wildman–Crippen LogP) is 4.41. The lowest BCUT2D eigenvalue weighted by atomic mass is 10.00. The van der Waals surface area contributed by atoms with Crippen LogP contribution in [0.2, 0.25) is 0 Å². The molecule has 0 saturated carbocycles. The number of likely N-dealkylation sites (tertiary alicyclic amines) is 1. The number of nitrogens with one attached hydrogen (secondary N) is 1. The zero-order chi connectivity index (χ0) is 18.9. The van der Waals surface area contributed by atoms with E-state index in [-0.39, 0.29) is 5.82 Å². The fraction of sp³-hybridized carbons (Fsp3) is 0.381. The average molecular weight is 358 g/mol. The van der Waals surface area contributed by atoms with Gasteiger partial charge in [-0.2, -0.15) is 0 Å². The van der Waals surface area contributed by atoms with Gasteiger partial charge in [0.15, 0.2) is 6.04 Å². The molecule has 2 N–H and O–H groups in total. The predicted molar refractivity (Wildman–Crippen MR) is 103 cm³/mol. The van der Waals surface area contributed by atoms with E-state index in [1.165, 1.54) is 50.2 Å². The third-order valence-electron chi connectivity index (χ3n) is 4.54. The van der Waals surface area contributed by atoms with Crippen molar-refractivity contribution in [2.75, 3.05) is 25.5 Å². The number of piperidine rings is 1. The number of carboxylic acid groups (broad SMARTS) is 1. The molecule has 1 saturated heterocycles. The van der Waals surface area contributed by atoms with Crippen molar-refractivity contribution in [3.63, 3.8) is 0 Å². The Morgan fingerprint density at radius 1 is 1.12 bits per heavy atom. The Hall–Kier alpha value is -2.40. The molecule has 4 nitrogen and oxygen atoms in total. The van der Waals surface area contributed by atoms with Gasteiger partial charge in [-0.05, 0) is 68.7 Å². The van der Waals surface area contributed by atoms with Gasteiger partial charge < -0.3 is 15.3 Å². The maximum atomic E-state index is 12.8. The number of hydrogen-bond acceptors (Lipinski definition) is 3. The molecule has 0 radical (unpaired) electrons. The summed E-state index contributed by atoms with van der Waals surface area (Å²) in [6.07, 6.45) is 2.80. The van der Waals surface area contributed by atoms with Gasteiger partial charge in [0.25, 0.3) is 0 Å². The van der Waals surface area contributed by atoms with Gasteiger partial charge in [0.2, 0.25) is 0 Å². The molecule has 1 heterocycles. The summed E-state index contributed by atoms with van der Waals surface area (Å²) in [5.74, 6) is -0.358. The number of nitrogens with zero attached hydrogens (tertiary/aromatic N) is 1. The van der Waals surface area contributed by atoms with E-state index < -0.39 is 12.0 Å². The highest BCUT2D eigenvalue weighted by atomic mass is 19.1. The monoisotopic (exact) mass is 358 g/mol. The molecule has 140 valence electrons. The highest BCUT2D eigenvalue weighted by Gasteiger charge is 2.19. The van der Waals surface area contributed by atoms with E-state index in [9.17, 15) is 14.3 Å². The van der Waals surface area contributed by atoms with Crippen molar-refractivity contribution < 1.29 is 14.3 Å². The largest absolute Gasteiger partial charge is 0.479 e. The molecule has 1 atom stereocenters. The van der Waals surface area contributed by atoms with Crippen LogP contribution >= 0.6 is 0 Å². The number of rotatable bonds is 4. The van der Waals surface area contributed by atoms with Gasteiger partial charge in [-0.15, -0.1) is 0 Å². The summed E-state index contributed by atoms with van der Waals surface area (Å²) in [7, 11) is 2.20. The lowest BCUT2D eigenvalue weighted by Gasteiger charge is -2.26. The first-order chi connectivity index (χ1) is 12.5. The third kappa shape index (κ3) is 6.48. The van der Waals surface area contributed by atoms with E-state index in [4.69, 9.17) is 0 Å². The number of halogens is 1. The molecule has 5 heteroatoms. The molecule has 0 aromatic heterocycles. The van der Waals surface area contributed by atoms with Crippen molar-refractivity contribution in [2.24, 2.45) is 5.92 Å². The number of anilines is 1. The minimum Gasteiger partial charge on any atom is -0.479 e. The highest BCUT2D eigenvalue weighted by Crippen LogP contribution is 2.20. The van der Waals surface area contributed by atoms with Crippen LogP contribution in [0.3, 0.4) is 0 Å². The lowest BCUT2D eigenvalue weighted by molar-refractivity contribution is -0.138. The topological polar surface area (TPSA) is 52.6 Å². The van der Waals surface area contributed by atoms with Crippen molar-refractivity contribution in [3.8, 4) is 0 Å². The molecule has 26 heavy (non-hydrogen) atoms. The minimum absolute atomic E-state index is 0.355. The Morgan fingerprint density at radius 3 is 2.19 bits per heavy atom. The summed E-state index contributed by atoms with van der Waals surface area (Å²) < 4.78 is 12.8. The molecule has 3 rings (SSSR count). The second-order valence-electron chi connectivity index (χ2n) is 6.82. The Morgan fingerprint density at radius 2 is 1.69 bits per heavy atom. The quantitative estimate of drug-likeness (QED) is 0.850. The van der Waals surface area contributed by atoms with Crippen LogP contribution in [0.25, 0.3) is 0 Å². The second-order valence-corrected chi connectivity index (χ2v) is 6.82. The summed E-state index contributed by atoms with van der Waals surface area (Å²) >= 11 is 0. The van der Waals surface area contributed by atoms with Crippen LogP contribution in [0.15, 0.2) is 54.6 Å². The molecule has 0 amide bonds. The van der Waals surface area contributed by atoms with E-state index in [2.05, 4.69) is 24.2 Å². The van der Waals surface area contributed by atoms with Crippen LogP contribution in [0, 0.1) is 11.7 Å². The van der Waals surface area contributed by atoms with Crippen molar-refractivity contribution >= 4 is 11.7 Å². The maximum absolute atomic E-state index is 12.8. The van der Waals surface area contributed by atoms with Crippen molar-refractivity contribution in [1.82, 2.24) is 4.90 Å². The summed E-state index contributed by atoms with van der Waals surface area (Å²) in [4.78, 5) is 13.6. The molecule has 0 spiro atoms. The van der Waals surface area contributed by atoms with Gasteiger partial charge in [-0.1, -0.05) is 37.3 Å². The average Bonchev–Trinajstić information content (AvgIpc) is 2.64. The normalized spacial score (nSPS) is 16.3. The summed E-state index contributed by atoms with van der Waals surface area (Å²) in [6, 6.07) is 13.6. The molecule has 1 aliphatic heterocycles. The smallest absolute Gasteiger partial charge is 0.330 e. The number of benzene rings is 2.